The number of carbonyl (C=O) groups is 1. The van der Waals surface area contributed by atoms with Crippen molar-refractivity contribution in [2.24, 2.45) is 0 Å². The van der Waals surface area contributed by atoms with Crippen LogP contribution < -0.4 is 5.32 Å². The van der Waals surface area contributed by atoms with E-state index in [9.17, 15) is 4.79 Å². The molecule has 0 fully saturated rings. The zero-order valence-corrected chi connectivity index (χ0v) is 11.6. The Labute approximate surface area is 117 Å². The van der Waals surface area contributed by atoms with Crippen molar-refractivity contribution in [3.8, 4) is 0 Å². The first-order chi connectivity index (χ1) is 8.99. The third-order valence-electron chi connectivity index (χ3n) is 2.91. The lowest BCUT2D eigenvalue weighted by Crippen LogP contribution is -2.41. The van der Waals surface area contributed by atoms with Gasteiger partial charge in [-0.3, -0.25) is 9.78 Å². The summed E-state index contributed by atoms with van der Waals surface area (Å²) in [6.45, 7) is 3.88. The van der Waals surface area contributed by atoms with E-state index in [2.05, 4.69) is 10.3 Å². The first kappa shape index (κ1) is 13.6. The van der Waals surface area contributed by atoms with Crippen LogP contribution in [0, 0.1) is 0 Å². The Bertz CT molecular complexity index is 582. The fourth-order valence-electron chi connectivity index (χ4n) is 1.81. The molecular formula is C15H15ClN2O. The highest BCUT2D eigenvalue weighted by Gasteiger charge is 2.23. The van der Waals surface area contributed by atoms with Gasteiger partial charge in [0, 0.05) is 23.0 Å². The number of amides is 1. The number of hydrogen-bond acceptors (Lipinski definition) is 2. The third kappa shape index (κ3) is 3.32. The summed E-state index contributed by atoms with van der Waals surface area (Å²) in [5, 5.41) is 3.65. The molecule has 2 aromatic rings. The van der Waals surface area contributed by atoms with Gasteiger partial charge in [0.25, 0.3) is 5.91 Å². The standard InChI is InChI=1S/C15H15ClN2O/c1-15(2,12-4-3-5-13(16)10-12)18-14(19)11-6-8-17-9-7-11/h3-10H,1-2H3,(H,18,19). The van der Waals surface area contributed by atoms with Crippen LogP contribution in [0.2, 0.25) is 5.02 Å². The molecule has 19 heavy (non-hydrogen) atoms. The average Bonchev–Trinajstić information content (AvgIpc) is 2.39. The maximum atomic E-state index is 12.1. The second kappa shape index (κ2) is 5.41. The Hall–Kier alpha value is -1.87. The van der Waals surface area contributed by atoms with E-state index in [0.29, 0.717) is 10.6 Å². The summed E-state index contributed by atoms with van der Waals surface area (Å²) in [5.41, 5.74) is 1.05. The molecule has 1 aromatic heterocycles. The fourth-order valence-corrected chi connectivity index (χ4v) is 2.00. The van der Waals surface area contributed by atoms with Gasteiger partial charge in [0.05, 0.1) is 5.54 Å². The van der Waals surface area contributed by atoms with Crippen LogP contribution in [0.5, 0.6) is 0 Å². The summed E-state index contributed by atoms with van der Waals surface area (Å²) >= 11 is 5.98. The lowest BCUT2D eigenvalue weighted by atomic mass is 9.94. The van der Waals surface area contributed by atoms with Crippen LogP contribution in [0.4, 0.5) is 0 Å². The molecule has 0 saturated carbocycles. The van der Waals surface area contributed by atoms with Crippen molar-refractivity contribution in [1.82, 2.24) is 10.3 Å². The SMILES string of the molecule is CC(C)(NC(=O)c1ccncc1)c1cccc(Cl)c1. The van der Waals surface area contributed by atoms with Crippen LogP contribution in [0.1, 0.15) is 29.8 Å². The van der Waals surface area contributed by atoms with E-state index in [1.54, 1.807) is 24.5 Å². The van der Waals surface area contributed by atoms with Crippen LogP contribution in [-0.4, -0.2) is 10.9 Å². The minimum Gasteiger partial charge on any atom is -0.343 e. The molecule has 0 aliphatic heterocycles. The van der Waals surface area contributed by atoms with E-state index in [4.69, 9.17) is 11.6 Å². The molecular weight excluding hydrogens is 260 g/mol. The molecule has 1 heterocycles. The number of pyridine rings is 1. The predicted molar refractivity (Wildman–Crippen MR) is 76.2 cm³/mol. The summed E-state index contributed by atoms with van der Waals surface area (Å²) in [4.78, 5) is 16.0. The Morgan fingerprint density at radius 1 is 1.21 bits per heavy atom. The number of benzene rings is 1. The molecule has 98 valence electrons. The quantitative estimate of drug-likeness (QED) is 0.932. The topological polar surface area (TPSA) is 42.0 Å². The fraction of sp³-hybridized carbons (Fsp3) is 0.200. The maximum absolute atomic E-state index is 12.1. The number of halogens is 1. The number of carbonyl (C=O) groups excluding carboxylic acids is 1. The van der Waals surface area contributed by atoms with Crippen molar-refractivity contribution in [2.75, 3.05) is 0 Å². The van der Waals surface area contributed by atoms with Crippen molar-refractivity contribution < 1.29 is 4.79 Å². The summed E-state index contributed by atoms with van der Waals surface area (Å²) in [7, 11) is 0. The Morgan fingerprint density at radius 3 is 2.53 bits per heavy atom. The zero-order valence-electron chi connectivity index (χ0n) is 10.9. The van der Waals surface area contributed by atoms with Crippen molar-refractivity contribution in [3.63, 3.8) is 0 Å². The minimum atomic E-state index is -0.495. The molecule has 0 bridgehead atoms. The molecule has 0 atom stereocenters. The molecule has 4 heteroatoms. The molecule has 0 saturated heterocycles. The van der Waals surface area contributed by atoms with Crippen LogP contribution in [-0.2, 0) is 5.54 Å². The Kier molecular flexibility index (Phi) is 3.86. The van der Waals surface area contributed by atoms with Gasteiger partial charge < -0.3 is 5.32 Å². The molecule has 2 rings (SSSR count). The lowest BCUT2D eigenvalue weighted by molar-refractivity contribution is 0.0912. The number of rotatable bonds is 3. The molecule has 1 amide bonds. The third-order valence-corrected chi connectivity index (χ3v) is 3.15. The van der Waals surface area contributed by atoms with Crippen LogP contribution >= 0.6 is 11.6 Å². The lowest BCUT2D eigenvalue weighted by Gasteiger charge is -2.27. The first-order valence-electron chi connectivity index (χ1n) is 5.97. The molecule has 1 aromatic carbocycles. The number of hydrogen-bond donors (Lipinski definition) is 1. The number of nitrogens with zero attached hydrogens (tertiary/aromatic N) is 1. The van der Waals surface area contributed by atoms with Crippen LogP contribution in [0.3, 0.4) is 0 Å². The first-order valence-corrected chi connectivity index (χ1v) is 6.35. The van der Waals surface area contributed by atoms with Gasteiger partial charge in [-0.15, -0.1) is 0 Å². The Morgan fingerprint density at radius 2 is 1.89 bits per heavy atom. The monoisotopic (exact) mass is 274 g/mol. The van der Waals surface area contributed by atoms with E-state index in [1.165, 1.54) is 0 Å². The highest BCUT2D eigenvalue weighted by Crippen LogP contribution is 2.23. The molecule has 0 aliphatic rings. The maximum Gasteiger partial charge on any atom is 0.252 e. The zero-order chi connectivity index (χ0) is 13.9. The summed E-state index contributed by atoms with van der Waals surface area (Å²) in [6, 6.07) is 10.9. The minimum absolute atomic E-state index is 0.132. The van der Waals surface area contributed by atoms with Gasteiger partial charge in [-0.1, -0.05) is 23.7 Å². The van der Waals surface area contributed by atoms with E-state index in [1.807, 2.05) is 38.1 Å². The normalized spacial score (nSPS) is 11.1. The van der Waals surface area contributed by atoms with Crippen molar-refractivity contribution in [1.29, 1.82) is 0 Å². The summed E-state index contributed by atoms with van der Waals surface area (Å²) in [5.74, 6) is -0.132. The van der Waals surface area contributed by atoms with Gasteiger partial charge in [0.2, 0.25) is 0 Å². The van der Waals surface area contributed by atoms with Crippen molar-refractivity contribution >= 4 is 17.5 Å². The van der Waals surface area contributed by atoms with E-state index in [0.717, 1.165) is 5.56 Å². The van der Waals surface area contributed by atoms with Gasteiger partial charge in [-0.25, -0.2) is 0 Å². The molecule has 0 unspecified atom stereocenters. The highest BCUT2D eigenvalue weighted by molar-refractivity contribution is 6.30. The molecule has 0 spiro atoms. The highest BCUT2D eigenvalue weighted by atomic mass is 35.5. The average molecular weight is 275 g/mol. The second-order valence-electron chi connectivity index (χ2n) is 4.83. The van der Waals surface area contributed by atoms with Gasteiger partial charge in [-0.2, -0.15) is 0 Å². The Balaban J connectivity index is 2.20. The van der Waals surface area contributed by atoms with Gasteiger partial charge in [-0.05, 0) is 43.7 Å². The predicted octanol–water partition coefficient (Wildman–Crippen LogP) is 3.40. The van der Waals surface area contributed by atoms with Gasteiger partial charge in [0.1, 0.15) is 0 Å². The van der Waals surface area contributed by atoms with Gasteiger partial charge in [0.15, 0.2) is 0 Å². The van der Waals surface area contributed by atoms with E-state index >= 15 is 0 Å². The van der Waals surface area contributed by atoms with Crippen molar-refractivity contribution in [2.45, 2.75) is 19.4 Å². The number of aromatic nitrogens is 1. The molecule has 3 nitrogen and oxygen atoms in total. The smallest absolute Gasteiger partial charge is 0.252 e. The summed E-state index contributed by atoms with van der Waals surface area (Å²) < 4.78 is 0. The van der Waals surface area contributed by atoms with E-state index in [-0.39, 0.29) is 5.91 Å². The number of nitrogens with one attached hydrogen (secondary N) is 1. The summed E-state index contributed by atoms with van der Waals surface area (Å²) in [6.07, 6.45) is 3.20. The van der Waals surface area contributed by atoms with Gasteiger partial charge >= 0.3 is 0 Å². The molecule has 0 radical (unpaired) electrons. The second-order valence-corrected chi connectivity index (χ2v) is 5.26. The largest absolute Gasteiger partial charge is 0.343 e. The van der Waals surface area contributed by atoms with Crippen LogP contribution in [0.15, 0.2) is 48.8 Å². The molecule has 1 N–H and O–H groups in total. The van der Waals surface area contributed by atoms with Crippen molar-refractivity contribution in [3.05, 3.63) is 64.9 Å². The molecule has 0 aliphatic carbocycles. The van der Waals surface area contributed by atoms with Crippen LogP contribution in [0.25, 0.3) is 0 Å². The van der Waals surface area contributed by atoms with E-state index < -0.39 is 5.54 Å².